The maximum absolute atomic E-state index is 12.3. The molecule has 2 aliphatic rings. The number of aromatic nitrogens is 2. The van der Waals surface area contributed by atoms with Crippen molar-refractivity contribution < 1.29 is 14.3 Å². The van der Waals surface area contributed by atoms with Gasteiger partial charge in [-0.1, -0.05) is 0 Å². The Balaban J connectivity index is 1.49. The van der Waals surface area contributed by atoms with Gasteiger partial charge >= 0.3 is 0 Å². The molecule has 22 heavy (non-hydrogen) atoms. The van der Waals surface area contributed by atoms with Crippen LogP contribution in [0.3, 0.4) is 0 Å². The fourth-order valence-corrected chi connectivity index (χ4v) is 2.17. The number of hydrogen-bond donors (Lipinski definition) is 2. The van der Waals surface area contributed by atoms with E-state index in [1.54, 1.807) is 24.3 Å². The van der Waals surface area contributed by atoms with Gasteiger partial charge in [0.1, 0.15) is 17.8 Å². The van der Waals surface area contributed by atoms with Crippen LogP contribution < -0.4 is 20.1 Å². The van der Waals surface area contributed by atoms with Crippen molar-refractivity contribution in [3.8, 4) is 11.5 Å². The molecule has 0 spiro atoms. The third kappa shape index (κ3) is 2.65. The first-order valence-corrected chi connectivity index (χ1v) is 7.07. The lowest BCUT2D eigenvalue weighted by Crippen LogP contribution is -2.15. The highest BCUT2D eigenvalue weighted by molar-refractivity contribution is 6.03. The Morgan fingerprint density at radius 1 is 1.14 bits per heavy atom. The van der Waals surface area contributed by atoms with Gasteiger partial charge in [0, 0.05) is 23.9 Å². The molecule has 1 aliphatic heterocycles. The van der Waals surface area contributed by atoms with Crippen LogP contribution in [-0.4, -0.2) is 28.7 Å². The summed E-state index contributed by atoms with van der Waals surface area (Å²) in [5, 5.41) is 6.03. The molecule has 4 rings (SSSR count). The molecule has 0 saturated heterocycles. The van der Waals surface area contributed by atoms with Crippen molar-refractivity contribution in [2.75, 3.05) is 17.4 Å². The second-order valence-electron chi connectivity index (χ2n) is 5.23. The maximum atomic E-state index is 12.3. The van der Waals surface area contributed by atoms with Crippen molar-refractivity contribution in [1.29, 1.82) is 0 Å². The van der Waals surface area contributed by atoms with Crippen molar-refractivity contribution in [3.63, 3.8) is 0 Å². The summed E-state index contributed by atoms with van der Waals surface area (Å²) in [7, 11) is 0. The summed E-state index contributed by atoms with van der Waals surface area (Å²) in [6.07, 6.45) is 3.67. The average Bonchev–Trinajstić information content (AvgIpc) is 3.22. The molecule has 2 aromatic rings. The second kappa shape index (κ2) is 5.18. The molecule has 1 fully saturated rings. The van der Waals surface area contributed by atoms with Gasteiger partial charge in [0.05, 0.1) is 0 Å². The molecule has 7 heteroatoms. The molecule has 1 aliphatic carbocycles. The predicted octanol–water partition coefficient (Wildman–Crippen LogP) is 2.03. The Labute approximate surface area is 126 Å². The standard InChI is InChI=1S/C15H14N4O3/c20-15(11-6-14(17-7-16-11)18-9-1-2-9)19-10-3-4-12-13(5-10)22-8-21-12/h3-7,9H,1-2,8H2,(H,19,20)(H,16,17,18). The highest BCUT2D eigenvalue weighted by Gasteiger charge is 2.22. The zero-order chi connectivity index (χ0) is 14.9. The lowest BCUT2D eigenvalue weighted by molar-refractivity contribution is 0.102. The minimum atomic E-state index is -0.292. The molecule has 0 radical (unpaired) electrons. The predicted molar refractivity (Wildman–Crippen MR) is 79.2 cm³/mol. The fraction of sp³-hybridized carbons (Fsp3) is 0.267. The Hall–Kier alpha value is -2.83. The van der Waals surface area contributed by atoms with E-state index >= 15 is 0 Å². The average molecular weight is 298 g/mol. The summed E-state index contributed by atoms with van der Waals surface area (Å²) in [5.74, 6) is 1.68. The number of nitrogens with zero attached hydrogens (tertiary/aromatic N) is 2. The van der Waals surface area contributed by atoms with E-state index in [0.717, 1.165) is 12.8 Å². The number of nitrogens with one attached hydrogen (secondary N) is 2. The molecule has 1 amide bonds. The zero-order valence-corrected chi connectivity index (χ0v) is 11.7. The molecular formula is C15H14N4O3. The van der Waals surface area contributed by atoms with Crippen LogP contribution in [-0.2, 0) is 0 Å². The molecular weight excluding hydrogens is 284 g/mol. The van der Waals surface area contributed by atoms with E-state index in [1.165, 1.54) is 6.33 Å². The minimum absolute atomic E-state index is 0.203. The summed E-state index contributed by atoms with van der Waals surface area (Å²) in [5.41, 5.74) is 0.945. The lowest BCUT2D eigenvalue weighted by Gasteiger charge is -2.07. The molecule has 0 bridgehead atoms. The minimum Gasteiger partial charge on any atom is -0.454 e. The molecule has 2 heterocycles. The number of amides is 1. The number of benzene rings is 1. The Morgan fingerprint density at radius 3 is 2.86 bits per heavy atom. The molecule has 7 nitrogen and oxygen atoms in total. The molecule has 1 saturated carbocycles. The number of ether oxygens (including phenoxy) is 2. The Kier molecular flexibility index (Phi) is 3.03. The van der Waals surface area contributed by atoms with Crippen molar-refractivity contribution in [1.82, 2.24) is 9.97 Å². The van der Waals surface area contributed by atoms with E-state index in [-0.39, 0.29) is 12.7 Å². The summed E-state index contributed by atoms with van der Waals surface area (Å²) >= 11 is 0. The monoisotopic (exact) mass is 298 g/mol. The van der Waals surface area contributed by atoms with Crippen LogP contribution >= 0.6 is 0 Å². The van der Waals surface area contributed by atoms with Gasteiger partial charge in [-0.05, 0) is 25.0 Å². The number of carbonyl (C=O) groups excluding carboxylic acids is 1. The quantitative estimate of drug-likeness (QED) is 0.898. The van der Waals surface area contributed by atoms with Crippen LogP contribution in [0.2, 0.25) is 0 Å². The number of rotatable bonds is 4. The first-order chi connectivity index (χ1) is 10.8. The SMILES string of the molecule is O=C(Nc1ccc2c(c1)OCO2)c1cc(NC2CC2)ncn1. The van der Waals surface area contributed by atoms with Crippen molar-refractivity contribution in [2.45, 2.75) is 18.9 Å². The van der Waals surface area contributed by atoms with E-state index in [9.17, 15) is 4.79 Å². The zero-order valence-electron chi connectivity index (χ0n) is 11.7. The van der Waals surface area contributed by atoms with E-state index < -0.39 is 0 Å². The second-order valence-corrected chi connectivity index (χ2v) is 5.23. The van der Waals surface area contributed by atoms with E-state index in [1.807, 2.05) is 0 Å². The molecule has 0 unspecified atom stereocenters. The Bertz CT molecular complexity index is 730. The van der Waals surface area contributed by atoms with Crippen LogP contribution in [0.15, 0.2) is 30.6 Å². The van der Waals surface area contributed by atoms with Crippen LogP contribution in [0, 0.1) is 0 Å². The van der Waals surface area contributed by atoms with Gasteiger partial charge in [0.15, 0.2) is 11.5 Å². The van der Waals surface area contributed by atoms with Crippen molar-refractivity contribution in [3.05, 3.63) is 36.3 Å². The number of carbonyl (C=O) groups is 1. The molecule has 2 N–H and O–H groups in total. The highest BCUT2D eigenvalue weighted by Crippen LogP contribution is 2.34. The van der Waals surface area contributed by atoms with Crippen LogP contribution in [0.5, 0.6) is 11.5 Å². The number of fused-ring (bicyclic) bond motifs is 1. The van der Waals surface area contributed by atoms with Gasteiger partial charge < -0.3 is 20.1 Å². The van der Waals surface area contributed by atoms with Crippen molar-refractivity contribution >= 4 is 17.4 Å². The summed E-state index contributed by atoms with van der Waals surface area (Å²) < 4.78 is 10.5. The largest absolute Gasteiger partial charge is 0.454 e. The normalized spacial score (nSPS) is 15.5. The molecule has 1 aromatic carbocycles. The van der Waals surface area contributed by atoms with Gasteiger partial charge in [0.25, 0.3) is 5.91 Å². The van der Waals surface area contributed by atoms with Gasteiger partial charge in [-0.2, -0.15) is 0 Å². The smallest absolute Gasteiger partial charge is 0.274 e. The molecule has 112 valence electrons. The topological polar surface area (TPSA) is 85.4 Å². The Morgan fingerprint density at radius 2 is 2.00 bits per heavy atom. The lowest BCUT2D eigenvalue weighted by atomic mass is 10.2. The van der Waals surface area contributed by atoms with Crippen LogP contribution in [0.1, 0.15) is 23.3 Å². The van der Waals surface area contributed by atoms with Crippen molar-refractivity contribution in [2.24, 2.45) is 0 Å². The third-order valence-electron chi connectivity index (χ3n) is 3.46. The number of hydrogen-bond acceptors (Lipinski definition) is 6. The maximum Gasteiger partial charge on any atom is 0.274 e. The van der Waals surface area contributed by atoms with Gasteiger partial charge in [-0.25, -0.2) is 9.97 Å². The van der Waals surface area contributed by atoms with Crippen LogP contribution in [0.25, 0.3) is 0 Å². The van der Waals surface area contributed by atoms with E-state index in [0.29, 0.717) is 34.7 Å². The summed E-state index contributed by atoms with van der Waals surface area (Å²) in [6, 6.07) is 7.37. The molecule has 0 atom stereocenters. The highest BCUT2D eigenvalue weighted by atomic mass is 16.7. The van der Waals surface area contributed by atoms with Gasteiger partial charge in [-0.15, -0.1) is 0 Å². The van der Waals surface area contributed by atoms with Gasteiger partial charge in [0.2, 0.25) is 6.79 Å². The summed E-state index contributed by atoms with van der Waals surface area (Å²) in [4.78, 5) is 20.4. The van der Waals surface area contributed by atoms with Gasteiger partial charge in [-0.3, -0.25) is 4.79 Å². The van der Waals surface area contributed by atoms with E-state index in [2.05, 4.69) is 20.6 Å². The molecule has 1 aromatic heterocycles. The van der Waals surface area contributed by atoms with E-state index in [4.69, 9.17) is 9.47 Å². The first kappa shape index (κ1) is 12.9. The third-order valence-corrected chi connectivity index (χ3v) is 3.46. The summed E-state index contributed by atoms with van der Waals surface area (Å²) in [6.45, 7) is 0.203. The number of anilines is 2. The fourth-order valence-electron chi connectivity index (χ4n) is 2.17. The first-order valence-electron chi connectivity index (χ1n) is 7.07. The van der Waals surface area contributed by atoms with Crippen LogP contribution in [0.4, 0.5) is 11.5 Å².